The maximum atomic E-state index is 5.72. The van der Waals surface area contributed by atoms with E-state index in [-0.39, 0.29) is 0 Å². The Bertz CT molecular complexity index is 675. The maximum Gasteiger partial charge on any atom is 0.221 e. The summed E-state index contributed by atoms with van der Waals surface area (Å²) in [5.74, 6) is 0.348. The zero-order valence-electron chi connectivity index (χ0n) is 8.60. The molecule has 0 atom stereocenters. The number of thioether (sulfide) groups is 1. The minimum absolute atomic E-state index is 0.348. The number of nitrogen functional groups attached to an aromatic ring is 1. The zero-order valence-corrected chi connectivity index (χ0v) is 10.2. The fraction of sp³-hybridized carbons (Fsp3) is 0.0909. The van der Waals surface area contributed by atoms with Crippen LogP contribution in [0.15, 0.2) is 29.3 Å². The van der Waals surface area contributed by atoms with E-state index < -0.39 is 0 Å². The molecule has 5 heteroatoms. The Morgan fingerprint density at radius 2 is 2.06 bits per heavy atom. The molecular formula is C11H9N3S2. The van der Waals surface area contributed by atoms with E-state index in [0.717, 1.165) is 20.6 Å². The van der Waals surface area contributed by atoms with Crippen molar-refractivity contribution in [2.24, 2.45) is 0 Å². The topological polar surface area (TPSA) is 51.8 Å². The number of aromatic nitrogens is 2. The Hall–Kier alpha value is -1.33. The van der Waals surface area contributed by atoms with Gasteiger partial charge in [-0.05, 0) is 12.3 Å². The molecule has 80 valence electrons. The van der Waals surface area contributed by atoms with Gasteiger partial charge in [-0.25, -0.2) is 9.97 Å². The van der Waals surface area contributed by atoms with Crippen LogP contribution in [0.25, 0.3) is 20.3 Å². The van der Waals surface area contributed by atoms with Crippen LogP contribution in [0, 0.1) is 0 Å². The zero-order chi connectivity index (χ0) is 11.1. The van der Waals surface area contributed by atoms with Gasteiger partial charge in [0.05, 0.1) is 10.2 Å². The lowest BCUT2D eigenvalue weighted by Gasteiger charge is -1.98. The van der Waals surface area contributed by atoms with Crippen molar-refractivity contribution in [3.05, 3.63) is 24.3 Å². The Morgan fingerprint density at radius 3 is 2.88 bits per heavy atom. The van der Waals surface area contributed by atoms with Crippen molar-refractivity contribution in [1.29, 1.82) is 0 Å². The first-order valence-corrected chi connectivity index (χ1v) is 6.82. The van der Waals surface area contributed by atoms with E-state index in [1.165, 1.54) is 4.70 Å². The molecule has 0 amide bonds. The van der Waals surface area contributed by atoms with Crippen molar-refractivity contribution in [2.75, 3.05) is 12.0 Å². The van der Waals surface area contributed by atoms with Gasteiger partial charge in [-0.1, -0.05) is 18.2 Å². The highest BCUT2D eigenvalue weighted by atomic mass is 32.2. The van der Waals surface area contributed by atoms with E-state index in [1.54, 1.807) is 23.1 Å². The lowest BCUT2D eigenvalue weighted by molar-refractivity contribution is 1.13. The third-order valence-electron chi connectivity index (χ3n) is 2.40. The summed E-state index contributed by atoms with van der Waals surface area (Å²) in [5.41, 5.74) is 6.69. The highest BCUT2D eigenvalue weighted by Gasteiger charge is 2.11. The van der Waals surface area contributed by atoms with Gasteiger partial charge in [0.1, 0.15) is 5.03 Å². The van der Waals surface area contributed by atoms with Crippen molar-refractivity contribution in [1.82, 2.24) is 9.97 Å². The van der Waals surface area contributed by atoms with E-state index in [9.17, 15) is 0 Å². The van der Waals surface area contributed by atoms with E-state index in [2.05, 4.69) is 22.1 Å². The molecule has 0 bridgehead atoms. The maximum absolute atomic E-state index is 5.72. The minimum atomic E-state index is 0.348. The summed E-state index contributed by atoms with van der Waals surface area (Å²) < 4.78 is 2.36. The van der Waals surface area contributed by atoms with Crippen LogP contribution in [0.3, 0.4) is 0 Å². The molecule has 3 aromatic rings. The summed E-state index contributed by atoms with van der Waals surface area (Å²) in [4.78, 5) is 8.59. The largest absolute Gasteiger partial charge is 0.368 e. The number of hydrogen-bond donors (Lipinski definition) is 1. The Morgan fingerprint density at radius 1 is 1.25 bits per heavy atom. The molecule has 16 heavy (non-hydrogen) atoms. The van der Waals surface area contributed by atoms with Crippen LogP contribution in [0.1, 0.15) is 0 Å². The Kier molecular flexibility index (Phi) is 2.22. The van der Waals surface area contributed by atoms with E-state index in [1.807, 2.05) is 18.4 Å². The van der Waals surface area contributed by atoms with Gasteiger partial charge in [0.2, 0.25) is 5.95 Å². The SMILES string of the molecule is CSc1nc(N)nc2c1sc1ccccc12. The summed E-state index contributed by atoms with van der Waals surface area (Å²) in [6.07, 6.45) is 2.01. The second kappa shape index (κ2) is 3.61. The summed E-state index contributed by atoms with van der Waals surface area (Å²) in [6.45, 7) is 0. The molecule has 0 saturated carbocycles. The number of nitrogens with zero attached hydrogens (tertiary/aromatic N) is 2. The van der Waals surface area contributed by atoms with Gasteiger partial charge >= 0.3 is 0 Å². The average Bonchev–Trinajstić information content (AvgIpc) is 2.67. The fourth-order valence-electron chi connectivity index (χ4n) is 1.72. The van der Waals surface area contributed by atoms with Crippen molar-refractivity contribution in [3.8, 4) is 0 Å². The molecule has 0 aliphatic rings. The van der Waals surface area contributed by atoms with Crippen LogP contribution in [0.4, 0.5) is 5.95 Å². The van der Waals surface area contributed by atoms with Crippen LogP contribution in [-0.2, 0) is 0 Å². The summed E-state index contributed by atoms with van der Waals surface area (Å²) in [6, 6.07) is 8.23. The first-order chi connectivity index (χ1) is 7.79. The second-order valence-corrected chi connectivity index (χ2v) is 5.21. The Labute approximate surface area is 101 Å². The molecule has 3 rings (SSSR count). The van der Waals surface area contributed by atoms with Crippen molar-refractivity contribution < 1.29 is 0 Å². The molecule has 0 unspecified atom stereocenters. The molecule has 2 heterocycles. The first-order valence-electron chi connectivity index (χ1n) is 4.78. The highest BCUT2D eigenvalue weighted by molar-refractivity contribution is 7.98. The van der Waals surface area contributed by atoms with Gasteiger partial charge in [-0.15, -0.1) is 23.1 Å². The molecule has 0 fully saturated rings. The predicted octanol–water partition coefficient (Wildman–Crippen LogP) is 3.15. The average molecular weight is 247 g/mol. The number of rotatable bonds is 1. The fourth-order valence-corrected chi connectivity index (χ4v) is 3.59. The number of hydrogen-bond acceptors (Lipinski definition) is 5. The summed E-state index contributed by atoms with van der Waals surface area (Å²) in [5, 5.41) is 2.12. The van der Waals surface area contributed by atoms with Gasteiger partial charge in [0.15, 0.2) is 0 Å². The molecule has 0 aliphatic carbocycles. The lowest BCUT2D eigenvalue weighted by Crippen LogP contribution is -1.95. The molecule has 3 nitrogen and oxygen atoms in total. The van der Waals surface area contributed by atoms with E-state index >= 15 is 0 Å². The molecule has 2 N–H and O–H groups in total. The predicted molar refractivity (Wildman–Crippen MR) is 71.1 cm³/mol. The number of thiophene rings is 1. The van der Waals surface area contributed by atoms with Crippen molar-refractivity contribution in [3.63, 3.8) is 0 Å². The standard InChI is InChI=1S/C11H9N3S2/c1-15-10-9-8(13-11(12)14-10)6-4-2-3-5-7(6)16-9/h2-5H,1H3,(H2,12,13,14). The van der Waals surface area contributed by atoms with E-state index in [0.29, 0.717) is 5.95 Å². The molecular weight excluding hydrogens is 238 g/mol. The van der Waals surface area contributed by atoms with Crippen molar-refractivity contribution in [2.45, 2.75) is 5.03 Å². The smallest absolute Gasteiger partial charge is 0.221 e. The van der Waals surface area contributed by atoms with Gasteiger partial charge in [-0.2, -0.15) is 0 Å². The lowest BCUT2D eigenvalue weighted by atomic mass is 10.2. The normalized spacial score (nSPS) is 11.3. The molecule has 0 radical (unpaired) electrons. The number of anilines is 1. The highest BCUT2D eigenvalue weighted by Crippen LogP contribution is 2.37. The Balaban J connectivity index is 2.54. The van der Waals surface area contributed by atoms with Crippen LogP contribution in [0.2, 0.25) is 0 Å². The van der Waals surface area contributed by atoms with Crippen molar-refractivity contribution >= 4 is 49.3 Å². The van der Waals surface area contributed by atoms with Gasteiger partial charge in [-0.3, -0.25) is 0 Å². The van der Waals surface area contributed by atoms with Crippen LogP contribution < -0.4 is 5.73 Å². The van der Waals surface area contributed by atoms with Gasteiger partial charge in [0.25, 0.3) is 0 Å². The first kappa shape index (κ1) is 9.86. The molecule has 0 saturated heterocycles. The molecule has 2 aromatic heterocycles. The third kappa shape index (κ3) is 1.36. The number of nitrogens with two attached hydrogens (primary N) is 1. The van der Waals surface area contributed by atoms with Crippen LogP contribution in [-0.4, -0.2) is 16.2 Å². The summed E-state index contributed by atoms with van der Waals surface area (Å²) in [7, 11) is 0. The summed E-state index contributed by atoms with van der Waals surface area (Å²) >= 11 is 3.33. The molecule has 0 aliphatic heterocycles. The van der Waals surface area contributed by atoms with Gasteiger partial charge in [0, 0.05) is 10.1 Å². The van der Waals surface area contributed by atoms with Crippen LogP contribution in [0.5, 0.6) is 0 Å². The minimum Gasteiger partial charge on any atom is -0.368 e. The second-order valence-electron chi connectivity index (χ2n) is 3.37. The van der Waals surface area contributed by atoms with E-state index in [4.69, 9.17) is 5.73 Å². The monoisotopic (exact) mass is 247 g/mol. The number of benzene rings is 1. The molecule has 1 aromatic carbocycles. The van der Waals surface area contributed by atoms with Crippen LogP contribution >= 0.6 is 23.1 Å². The third-order valence-corrected chi connectivity index (χ3v) is 4.38. The molecule has 0 spiro atoms. The number of fused-ring (bicyclic) bond motifs is 3. The van der Waals surface area contributed by atoms with Gasteiger partial charge < -0.3 is 5.73 Å². The quantitative estimate of drug-likeness (QED) is 0.530.